The van der Waals surface area contributed by atoms with Crippen molar-refractivity contribution in [2.75, 3.05) is 39.3 Å². The quantitative estimate of drug-likeness (QED) is 0.279. The molecule has 0 radical (unpaired) electrons. The van der Waals surface area contributed by atoms with Gasteiger partial charge in [0.15, 0.2) is 11.5 Å². The predicted molar refractivity (Wildman–Crippen MR) is 119 cm³/mol. The molecule has 0 aromatic heterocycles. The van der Waals surface area contributed by atoms with Crippen molar-refractivity contribution in [3.8, 4) is 11.5 Å². The second-order valence-corrected chi connectivity index (χ2v) is 6.97. The van der Waals surface area contributed by atoms with Gasteiger partial charge >= 0.3 is 0 Å². The van der Waals surface area contributed by atoms with Gasteiger partial charge in [-0.2, -0.15) is 0 Å². The first-order chi connectivity index (χ1) is 15.3. The zero-order valence-electron chi connectivity index (χ0n) is 17.7. The van der Waals surface area contributed by atoms with E-state index in [0.717, 1.165) is 6.07 Å². The number of methoxy groups -OCH3 is 2. The van der Waals surface area contributed by atoms with E-state index in [9.17, 15) is 19.7 Å². The molecule has 172 valence electrons. The van der Waals surface area contributed by atoms with Crippen LogP contribution in [-0.2, 0) is 9.53 Å². The molecule has 2 N–H and O–H groups in total. The van der Waals surface area contributed by atoms with E-state index in [4.69, 9.17) is 25.8 Å². The first-order valence-electron chi connectivity index (χ1n) is 9.67. The number of nitrogens with one attached hydrogen (secondary N) is 2. The van der Waals surface area contributed by atoms with Gasteiger partial charge in [0.2, 0.25) is 5.91 Å². The number of rotatable bonds is 12. The smallest absolute Gasteiger partial charge is 0.286 e. The van der Waals surface area contributed by atoms with E-state index in [1.165, 1.54) is 20.3 Å². The van der Waals surface area contributed by atoms with Gasteiger partial charge in [0.1, 0.15) is 12.2 Å². The molecule has 2 aromatic rings. The first kappa shape index (κ1) is 24.9. The summed E-state index contributed by atoms with van der Waals surface area (Å²) in [5, 5.41) is 17.3. The lowest BCUT2D eigenvalue weighted by atomic mass is 10.1. The van der Waals surface area contributed by atoms with Crippen molar-refractivity contribution in [1.29, 1.82) is 0 Å². The Morgan fingerprint density at radius 2 is 1.81 bits per heavy atom. The van der Waals surface area contributed by atoms with E-state index in [1.807, 2.05) is 0 Å². The third-order valence-corrected chi connectivity index (χ3v) is 4.51. The SMILES string of the molecule is COCCOc1cc([N+](=O)[O-])c(C(=O)NCCCC(=O)Nc2ccc(Cl)cc2)cc1OC. The number of anilines is 1. The maximum atomic E-state index is 12.5. The summed E-state index contributed by atoms with van der Waals surface area (Å²) in [6, 6.07) is 9.07. The third kappa shape index (κ3) is 7.40. The molecule has 2 aromatic carbocycles. The highest BCUT2D eigenvalue weighted by molar-refractivity contribution is 6.30. The van der Waals surface area contributed by atoms with Crippen LogP contribution in [0.5, 0.6) is 11.5 Å². The van der Waals surface area contributed by atoms with Crippen LogP contribution in [0.3, 0.4) is 0 Å². The zero-order chi connectivity index (χ0) is 23.5. The van der Waals surface area contributed by atoms with Crippen molar-refractivity contribution in [3.05, 3.63) is 57.1 Å². The molecule has 0 heterocycles. The van der Waals surface area contributed by atoms with Crippen molar-refractivity contribution in [1.82, 2.24) is 5.32 Å². The number of carbonyl (C=O) groups is 2. The van der Waals surface area contributed by atoms with Crippen LogP contribution in [0.25, 0.3) is 0 Å². The molecule has 32 heavy (non-hydrogen) atoms. The third-order valence-electron chi connectivity index (χ3n) is 4.26. The van der Waals surface area contributed by atoms with Crippen LogP contribution in [-0.4, -0.2) is 50.7 Å². The van der Waals surface area contributed by atoms with Crippen LogP contribution in [0.1, 0.15) is 23.2 Å². The minimum Gasteiger partial charge on any atom is -0.493 e. The molecule has 2 amide bonds. The summed E-state index contributed by atoms with van der Waals surface area (Å²) in [5.41, 5.74) is 0.0201. The lowest BCUT2D eigenvalue weighted by molar-refractivity contribution is -0.385. The second kappa shape index (κ2) is 12.5. The molecular formula is C21H24ClN3O7. The van der Waals surface area contributed by atoms with E-state index < -0.39 is 16.5 Å². The minimum absolute atomic E-state index is 0.131. The van der Waals surface area contributed by atoms with Crippen molar-refractivity contribution >= 4 is 34.8 Å². The number of benzene rings is 2. The molecule has 0 saturated carbocycles. The van der Waals surface area contributed by atoms with Gasteiger partial charge in [-0.05, 0) is 30.7 Å². The standard InChI is InChI=1S/C21H24ClN3O7/c1-30-10-11-32-19-13-17(25(28)29)16(12-18(19)31-2)21(27)23-9-3-4-20(26)24-15-7-5-14(22)6-8-15/h5-8,12-13H,3-4,9-11H2,1-2H3,(H,23,27)(H,24,26). The fourth-order valence-electron chi connectivity index (χ4n) is 2.69. The molecule has 2 rings (SSSR count). The summed E-state index contributed by atoms with van der Waals surface area (Å²) >= 11 is 5.80. The number of halogens is 1. The first-order valence-corrected chi connectivity index (χ1v) is 10.0. The zero-order valence-corrected chi connectivity index (χ0v) is 18.4. The van der Waals surface area contributed by atoms with E-state index >= 15 is 0 Å². The molecule has 0 unspecified atom stereocenters. The highest BCUT2D eigenvalue weighted by Gasteiger charge is 2.24. The highest BCUT2D eigenvalue weighted by atomic mass is 35.5. The largest absolute Gasteiger partial charge is 0.493 e. The molecule has 0 saturated heterocycles. The second-order valence-electron chi connectivity index (χ2n) is 6.53. The van der Waals surface area contributed by atoms with Crippen molar-refractivity contribution in [3.63, 3.8) is 0 Å². The van der Waals surface area contributed by atoms with Crippen molar-refractivity contribution in [2.24, 2.45) is 0 Å². The summed E-state index contributed by atoms with van der Waals surface area (Å²) in [5.74, 6) is -0.575. The van der Waals surface area contributed by atoms with Crippen molar-refractivity contribution in [2.45, 2.75) is 12.8 Å². The van der Waals surface area contributed by atoms with Gasteiger partial charge < -0.3 is 24.8 Å². The van der Waals surface area contributed by atoms with Gasteiger partial charge in [-0.15, -0.1) is 0 Å². The molecule has 0 aliphatic heterocycles. The van der Waals surface area contributed by atoms with E-state index in [2.05, 4.69) is 10.6 Å². The van der Waals surface area contributed by atoms with Crippen LogP contribution in [0.2, 0.25) is 5.02 Å². The lowest BCUT2D eigenvalue weighted by Crippen LogP contribution is -2.26. The summed E-state index contributed by atoms with van der Waals surface area (Å²) in [6.07, 6.45) is 0.495. The molecule has 0 spiro atoms. The van der Waals surface area contributed by atoms with Gasteiger partial charge in [0, 0.05) is 36.9 Å². The van der Waals surface area contributed by atoms with Crippen LogP contribution >= 0.6 is 11.6 Å². The Morgan fingerprint density at radius 3 is 2.44 bits per heavy atom. The number of amides is 2. The van der Waals surface area contributed by atoms with Gasteiger partial charge in [0.05, 0.1) is 24.7 Å². The Labute approximate surface area is 189 Å². The molecule has 0 aliphatic rings. The number of hydrogen-bond acceptors (Lipinski definition) is 7. The van der Waals surface area contributed by atoms with Gasteiger partial charge in [-0.25, -0.2) is 0 Å². The molecule has 0 bridgehead atoms. The van der Waals surface area contributed by atoms with E-state index in [0.29, 0.717) is 17.1 Å². The number of nitro groups is 1. The number of ether oxygens (including phenoxy) is 3. The minimum atomic E-state index is -0.670. The fourth-order valence-corrected chi connectivity index (χ4v) is 2.82. The summed E-state index contributed by atoms with van der Waals surface area (Å²) < 4.78 is 15.5. The van der Waals surface area contributed by atoms with Gasteiger partial charge in [-0.1, -0.05) is 11.6 Å². The Kier molecular flexibility index (Phi) is 9.71. The highest BCUT2D eigenvalue weighted by Crippen LogP contribution is 2.34. The molecular weight excluding hydrogens is 442 g/mol. The Balaban J connectivity index is 1.95. The van der Waals surface area contributed by atoms with Crippen LogP contribution in [0, 0.1) is 10.1 Å². The molecule has 0 atom stereocenters. The van der Waals surface area contributed by atoms with E-state index in [-0.39, 0.29) is 49.1 Å². The summed E-state index contributed by atoms with van der Waals surface area (Å²) in [6.45, 7) is 0.594. The van der Waals surface area contributed by atoms with Crippen LogP contribution in [0.4, 0.5) is 11.4 Å². The average Bonchev–Trinajstić information content (AvgIpc) is 2.77. The lowest BCUT2D eigenvalue weighted by Gasteiger charge is -2.13. The van der Waals surface area contributed by atoms with E-state index in [1.54, 1.807) is 24.3 Å². The normalized spacial score (nSPS) is 10.3. The molecule has 0 aliphatic carbocycles. The van der Waals surface area contributed by atoms with Gasteiger partial charge in [-0.3, -0.25) is 19.7 Å². The molecule has 0 fully saturated rings. The fraction of sp³-hybridized carbons (Fsp3) is 0.333. The molecule has 10 nitrogen and oxygen atoms in total. The maximum Gasteiger partial charge on any atom is 0.286 e. The Morgan fingerprint density at radius 1 is 1.09 bits per heavy atom. The number of nitrogens with zero attached hydrogens (tertiary/aromatic N) is 1. The number of carbonyl (C=O) groups excluding carboxylic acids is 2. The topological polar surface area (TPSA) is 129 Å². The predicted octanol–water partition coefficient (Wildman–Crippen LogP) is 3.43. The van der Waals surface area contributed by atoms with Gasteiger partial charge in [0.25, 0.3) is 11.6 Å². The van der Waals surface area contributed by atoms with Crippen LogP contribution < -0.4 is 20.1 Å². The summed E-state index contributed by atoms with van der Waals surface area (Å²) in [4.78, 5) is 35.3. The Hall–Kier alpha value is -3.37. The Bertz CT molecular complexity index is 951. The van der Waals surface area contributed by atoms with Crippen molar-refractivity contribution < 1.29 is 28.7 Å². The maximum absolute atomic E-state index is 12.5. The molecule has 11 heteroatoms. The number of hydrogen-bond donors (Lipinski definition) is 2. The summed E-state index contributed by atoms with van der Waals surface area (Å²) in [7, 11) is 2.86. The monoisotopic (exact) mass is 465 g/mol. The average molecular weight is 466 g/mol. The number of nitro benzene ring substituents is 1. The van der Waals surface area contributed by atoms with Crippen LogP contribution in [0.15, 0.2) is 36.4 Å².